The average Bonchev–Trinajstić information content (AvgIpc) is 3.34. The number of amides is 3. The summed E-state index contributed by atoms with van der Waals surface area (Å²) >= 11 is 0. The Hall–Kier alpha value is -3.93. The van der Waals surface area contributed by atoms with Crippen LogP contribution in [0.3, 0.4) is 0 Å². The van der Waals surface area contributed by atoms with Gasteiger partial charge in [0.05, 0.1) is 23.8 Å². The van der Waals surface area contributed by atoms with Crippen molar-refractivity contribution in [3.05, 3.63) is 100 Å². The van der Waals surface area contributed by atoms with Gasteiger partial charge in [-0.3, -0.25) is 14.4 Å². The molecular weight excluding hydrogens is 450 g/mol. The topological polar surface area (TPSA) is 69.7 Å². The molecule has 3 amide bonds. The Kier molecular flexibility index (Phi) is 6.35. The van der Waals surface area contributed by atoms with Crippen LogP contribution in [0.25, 0.3) is 0 Å². The smallest absolute Gasteiger partial charge is 0.256 e. The lowest BCUT2D eigenvalue weighted by Crippen LogP contribution is -2.44. The SMILES string of the molecule is Cc1ccc([C@@H](C)NC(=O)c2ccc(CN3C(=O)[C@@H]4CCCN4C(=O)c4ccccc43)cc2)c(C)c1. The first kappa shape index (κ1) is 23.8. The zero-order chi connectivity index (χ0) is 25.4. The first-order valence-corrected chi connectivity index (χ1v) is 12.5. The van der Waals surface area contributed by atoms with Crippen LogP contribution in [0.1, 0.15) is 68.8 Å². The predicted octanol–water partition coefficient (Wildman–Crippen LogP) is 4.95. The highest BCUT2D eigenvalue weighted by molar-refractivity contribution is 6.11. The molecule has 36 heavy (non-hydrogen) atoms. The van der Waals surface area contributed by atoms with Crippen molar-refractivity contribution in [2.75, 3.05) is 11.4 Å². The summed E-state index contributed by atoms with van der Waals surface area (Å²) in [6.45, 7) is 7.05. The summed E-state index contributed by atoms with van der Waals surface area (Å²) < 4.78 is 0. The van der Waals surface area contributed by atoms with E-state index in [1.165, 1.54) is 5.56 Å². The zero-order valence-electron chi connectivity index (χ0n) is 21.0. The van der Waals surface area contributed by atoms with Crippen LogP contribution in [0.4, 0.5) is 5.69 Å². The number of aryl methyl sites for hydroxylation is 2. The molecule has 0 radical (unpaired) electrons. The highest BCUT2D eigenvalue weighted by atomic mass is 16.2. The molecular formula is C30H31N3O3. The standard InChI is InChI=1S/C30H31N3O3/c1-19-10-15-24(20(2)17-19)21(3)31-28(34)23-13-11-22(12-14-23)18-33-26-8-5-4-7-25(26)29(35)32-16-6-9-27(32)30(33)36/h4-5,7-8,10-15,17,21,27H,6,9,16,18H2,1-3H3,(H,31,34)/t21-,27+/m1/s1. The van der Waals surface area contributed by atoms with Crippen LogP contribution in [0.2, 0.25) is 0 Å². The fourth-order valence-electron chi connectivity index (χ4n) is 5.39. The maximum absolute atomic E-state index is 13.5. The van der Waals surface area contributed by atoms with Gasteiger partial charge in [0.2, 0.25) is 5.91 Å². The Morgan fingerprint density at radius 2 is 1.78 bits per heavy atom. The third-order valence-corrected chi connectivity index (χ3v) is 7.29. The molecule has 0 aliphatic carbocycles. The molecule has 6 nitrogen and oxygen atoms in total. The predicted molar refractivity (Wildman–Crippen MR) is 140 cm³/mol. The van der Waals surface area contributed by atoms with E-state index in [0.29, 0.717) is 36.3 Å². The number of carbonyl (C=O) groups excluding carboxylic acids is 3. The van der Waals surface area contributed by atoms with Crippen molar-refractivity contribution in [3.63, 3.8) is 0 Å². The summed E-state index contributed by atoms with van der Waals surface area (Å²) in [4.78, 5) is 42.9. The summed E-state index contributed by atoms with van der Waals surface area (Å²) in [5, 5.41) is 3.09. The van der Waals surface area contributed by atoms with E-state index in [1.54, 1.807) is 28.0 Å². The van der Waals surface area contributed by atoms with Crippen molar-refractivity contribution in [1.82, 2.24) is 10.2 Å². The second-order valence-electron chi connectivity index (χ2n) is 9.85. The summed E-state index contributed by atoms with van der Waals surface area (Å²) in [5.74, 6) is -0.263. The van der Waals surface area contributed by atoms with E-state index >= 15 is 0 Å². The lowest BCUT2D eigenvalue weighted by Gasteiger charge is -2.26. The van der Waals surface area contributed by atoms with Crippen LogP contribution in [0.5, 0.6) is 0 Å². The highest BCUT2D eigenvalue weighted by Crippen LogP contribution is 2.33. The molecule has 0 aromatic heterocycles. The second kappa shape index (κ2) is 9.61. The van der Waals surface area contributed by atoms with E-state index in [2.05, 4.69) is 37.4 Å². The lowest BCUT2D eigenvalue weighted by molar-refractivity contribution is -0.122. The number of nitrogens with one attached hydrogen (secondary N) is 1. The number of nitrogens with zero attached hydrogens (tertiary/aromatic N) is 2. The van der Waals surface area contributed by atoms with Crippen LogP contribution in [-0.4, -0.2) is 35.2 Å². The highest BCUT2D eigenvalue weighted by Gasteiger charge is 2.41. The molecule has 1 fully saturated rings. The van der Waals surface area contributed by atoms with Gasteiger partial charge in [-0.1, -0.05) is 48.0 Å². The summed E-state index contributed by atoms with van der Waals surface area (Å²) in [5.41, 5.74) is 6.11. The number of fused-ring (bicyclic) bond motifs is 2. The van der Waals surface area contributed by atoms with Crippen molar-refractivity contribution in [1.29, 1.82) is 0 Å². The second-order valence-corrected chi connectivity index (χ2v) is 9.85. The van der Waals surface area contributed by atoms with Gasteiger partial charge in [0.25, 0.3) is 11.8 Å². The fourth-order valence-corrected chi connectivity index (χ4v) is 5.39. The number of hydrogen-bond acceptors (Lipinski definition) is 3. The van der Waals surface area contributed by atoms with Crippen molar-refractivity contribution < 1.29 is 14.4 Å². The monoisotopic (exact) mass is 481 g/mol. The number of benzene rings is 3. The minimum atomic E-state index is -0.415. The zero-order valence-corrected chi connectivity index (χ0v) is 21.0. The lowest BCUT2D eigenvalue weighted by atomic mass is 10.00. The van der Waals surface area contributed by atoms with Gasteiger partial charge in [-0.25, -0.2) is 0 Å². The number of hydrogen-bond donors (Lipinski definition) is 1. The molecule has 2 atom stereocenters. The van der Waals surface area contributed by atoms with E-state index in [-0.39, 0.29) is 23.8 Å². The Balaban J connectivity index is 1.34. The molecule has 2 aliphatic heterocycles. The number of rotatable bonds is 5. The molecule has 2 heterocycles. The minimum Gasteiger partial charge on any atom is -0.346 e. The molecule has 2 aliphatic rings. The third kappa shape index (κ3) is 4.39. The Morgan fingerprint density at radius 1 is 1.03 bits per heavy atom. The molecule has 0 bridgehead atoms. The van der Waals surface area contributed by atoms with Gasteiger partial charge in [-0.05, 0) is 74.6 Å². The van der Waals surface area contributed by atoms with Gasteiger partial charge in [-0.2, -0.15) is 0 Å². The fraction of sp³-hybridized carbons (Fsp3) is 0.300. The molecule has 0 saturated carbocycles. The van der Waals surface area contributed by atoms with E-state index in [1.807, 2.05) is 37.3 Å². The van der Waals surface area contributed by atoms with Crippen LogP contribution in [0.15, 0.2) is 66.7 Å². The maximum Gasteiger partial charge on any atom is 0.256 e. The number of carbonyl (C=O) groups is 3. The molecule has 5 rings (SSSR count). The Labute approximate surface area is 211 Å². The third-order valence-electron chi connectivity index (χ3n) is 7.29. The molecule has 0 spiro atoms. The maximum atomic E-state index is 13.5. The average molecular weight is 482 g/mol. The normalized spacial score (nSPS) is 17.9. The molecule has 1 saturated heterocycles. The van der Waals surface area contributed by atoms with Crippen LogP contribution < -0.4 is 10.2 Å². The molecule has 1 N–H and O–H groups in total. The van der Waals surface area contributed by atoms with Gasteiger partial charge in [0.1, 0.15) is 6.04 Å². The van der Waals surface area contributed by atoms with Gasteiger partial charge in [-0.15, -0.1) is 0 Å². The summed E-state index contributed by atoms with van der Waals surface area (Å²) in [7, 11) is 0. The summed E-state index contributed by atoms with van der Waals surface area (Å²) in [6, 6.07) is 20.4. The molecule has 3 aromatic rings. The van der Waals surface area contributed by atoms with Crippen molar-refractivity contribution >= 4 is 23.4 Å². The van der Waals surface area contributed by atoms with Crippen molar-refractivity contribution in [2.45, 2.75) is 52.2 Å². The Morgan fingerprint density at radius 3 is 2.53 bits per heavy atom. The number of para-hydroxylation sites is 1. The molecule has 184 valence electrons. The van der Waals surface area contributed by atoms with E-state index < -0.39 is 6.04 Å². The van der Waals surface area contributed by atoms with Crippen LogP contribution in [0, 0.1) is 13.8 Å². The van der Waals surface area contributed by atoms with Crippen LogP contribution >= 0.6 is 0 Å². The first-order valence-electron chi connectivity index (χ1n) is 12.5. The van der Waals surface area contributed by atoms with E-state index in [9.17, 15) is 14.4 Å². The first-order chi connectivity index (χ1) is 17.3. The summed E-state index contributed by atoms with van der Waals surface area (Å²) in [6.07, 6.45) is 1.52. The van der Waals surface area contributed by atoms with Gasteiger partial charge >= 0.3 is 0 Å². The van der Waals surface area contributed by atoms with Gasteiger partial charge in [0, 0.05) is 12.1 Å². The molecule has 0 unspecified atom stereocenters. The van der Waals surface area contributed by atoms with Gasteiger partial charge < -0.3 is 15.1 Å². The van der Waals surface area contributed by atoms with Gasteiger partial charge in [0.15, 0.2) is 0 Å². The van der Waals surface area contributed by atoms with E-state index in [4.69, 9.17) is 0 Å². The van der Waals surface area contributed by atoms with Crippen LogP contribution in [-0.2, 0) is 11.3 Å². The minimum absolute atomic E-state index is 0.0464. The quantitative estimate of drug-likeness (QED) is 0.561. The van der Waals surface area contributed by atoms with E-state index in [0.717, 1.165) is 23.1 Å². The number of anilines is 1. The molecule has 3 aromatic carbocycles. The van der Waals surface area contributed by atoms with Crippen molar-refractivity contribution in [2.24, 2.45) is 0 Å². The van der Waals surface area contributed by atoms with Crippen molar-refractivity contribution in [3.8, 4) is 0 Å². The molecule has 6 heteroatoms. The Bertz CT molecular complexity index is 1330. The largest absolute Gasteiger partial charge is 0.346 e.